The van der Waals surface area contributed by atoms with Crippen LogP contribution in [-0.2, 0) is 19.6 Å². The number of benzene rings is 1. The molecule has 1 heterocycles. The van der Waals surface area contributed by atoms with Crippen molar-refractivity contribution in [3.8, 4) is 0 Å². The van der Waals surface area contributed by atoms with Crippen molar-refractivity contribution in [3.63, 3.8) is 0 Å². The fraction of sp³-hybridized carbons (Fsp3) is 0.556. The number of carbonyl (C=O) groups excluding carboxylic acids is 1. The van der Waals surface area contributed by atoms with Crippen LogP contribution in [0.3, 0.4) is 0 Å². The molecule has 2 N–H and O–H groups in total. The maximum absolute atomic E-state index is 12.9. The van der Waals surface area contributed by atoms with Gasteiger partial charge in [-0.25, -0.2) is 8.42 Å². The van der Waals surface area contributed by atoms with Crippen LogP contribution in [0.2, 0.25) is 0 Å². The van der Waals surface area contributed by atoms with E-state index in [9.17, 15) is 23.1 Å². The molecule has 0 spiro atoms. The molecule has 7 nitrogen and oxygen atoms in total. The third-order valence-corrected chi connectivity index (χ3v) is 7.02. The van der Waals surface area contributed by atoms with Gasteiger partial charge >= 0.3 is 5.97 Å². The Morgan fingerprint density at radius 2 is 1.93 bits per heavy atom. The Kier molecular flexibility index (Phi) is 7.41. The van der Waals surface area contributed by atoms with Crippen molar-refractivity contribution in [1.82, 2.24) is 9.62 Å². The van der Waals surface area contributed by atoms with Gasteiger partial charge < -0.3 is 10.4 Å². The van der Waals surface area contributed by atoms with Crippen LogP contribution in [0.15, 0.2) is 33.6 Å². The van der Waals surface area contributed by atoms with E-state index in [1.165, 1.54) is 12.1 Å². The van der Waals surface area contributed by atoms with Gasteiger partial charge in [-0.05, 0) is 49.4 Å². The lowest BCUT2D eigenvalue weighted by Crippen LogP contribution is -2.54. The van der Waals surface area contributed by atoms with Crippen LogP contribution in [-0.4, -0.2) is 48.3 Å². The third kappa shape index (κ3) is 5.76. The van der Waals surface area contributed by atoms with Crippen molar-refractivity contribution in [2.24, 2.45) is 5.92 Å². The van der Waals surface area contributed by atoms with Crippen LogP contribution in [0.25, 0.3) is 0 Å². The first kappa shape index (κ1) is 21.8. The van der Waals surface area contributed by atoms with Gasteiger partial charge in [-0.3, -0.25) is 9.59 Å². The number of carboxylic acid groups (broad SMARTS) is 1. The Morgan fingerprint density at radius 1 is 1.30 bits per heavy atom. The predicted molar refractivity (Wildman–Crippen MR) is 105 cm³/mol. The number of piperidine rings is 1. The van der Waals surface area contributed by atoms with Gasteiger partial charge in [0.05, 0.1) is 4.90 Å². The van der Waals surface area contributed by atoms with Crippen LogP contribution in [0.4, 0.5) is 0 Å². The Bertz CT molecular complexity index is 779. The zero-order valence-corrected chi connectivity index (χ0v) is 17.8. The molecule has 1 fully saturated rings. The number of aliphatic carboxylic acids is 1. The molecule has 1 saturated heterocycles. The largest absolute Gasteiger partial charge is 0.480 e. The fourth-order valence-corrected chi connectivity index (χ4v) is 4.92. The summed E-state index contributed by atoms with van der Waals surface area (Å²) in [6, 6.07) is 4.54. The normalized spacial score (nSPS) is 21.2. The number of hydrogen-bond acceptors (Lipinski definition) is 4. The molecule has 0 aromatic heterocycles. The highest BCUT2D eigenvalue weighted by Crippen LogP contribution is 2.27. The molecular weight excluding hydrogens is 436 g/mol. The summed E-state index contributed by atoms with van der Waals surface area (Å²) in [4.78, 5) is 23.8. The van der Waals surface area contributed by atoms with Crippen molar-refractivity contribution >= 4 is 37.8 Å². The van der Waals surface area contributed by atoms with Crippen LogP contribution < -0.4 is 5.32 Å². The third-order valence-electron chi connectivity index (χ3n) is 4.57. The first-order chi connectivity index (χ1) is 12.6. The van der Waals surface area contributed by atoms with Crippen LogP contribution in [0.5, 0.6) is 0 Å². The van der Waals surface area contributed by atoms with Gasteiger partial charge in [-0.1, -0.05) is 29.8 Å². The van der Waals surface area contributed by atoms with E-state index in [1.807, 2.05) is 13.8 Å². The maximum Gasteiger partial charge on any atom is 0.322 e. The summed E-state index contributed by atoms with van der Waals surface area (Å²) in [5.41, 5.74) is 0. The fourth-order valence-electron chi connectivity index (χ4n) is 3.05. The molecule has 2 rings (SSSR count). The number of rotatable bonds is 7. The average Bonchev–Trinajstić information content (AvgIpc) is 2.60. The van der Waals surface area contributed by atoms with Crippen molar-refractivity contribution in [3.05, 3.63) is 28.7 Å². The molecule has 1 aliphatic heterocycles. The van der Waals surface area contributed by atoms with Crippen molar-refractivity contribution in [1.29, 1.82) is 0 Å². The van der Waals surface area contributed by atoms with E-state index in [-0.39, 0.29) is 29.8 Å². The highest BCUT2D eigenvalue weighted by molar-refractivity contribution is 9.10. The van der Waals surface area contributed by atoms with Gasteiger partial charge in [0.25, 0.3) is 0 Å². The van der Waals surface area contributed by atoms with E-state index >= 15 is 0 Å². The molecule has 0 saturated carbocycles. The van der Waals surface area contributed by atoms with E-state index in [0.717, 1.165) is 15.2 Å². The lowest BCUT2D eigenvalue weighted by atomic mass is 9.99. The molecule has 1 amide bonds. The van der Waals surface area contributed by atoms with Gasteiger partial charge in [0.15, 0.2) is 0 Å². The second kappa shape index (κ2) is 9.16. The first-order valence-electron chi connectivity index (χ1n) is 8.91. The quantitative estimate of drug-likeness (QED) is 0.650. The molecule has 0 bridgehead atoms. The smallest absolute Gasteiger partial charge is 0.322 e. The average molecular weight is 461 g/mol. The zero-order chi connectivity index (χ0) is 20.2. The summed E-state index contributed by atoms with van der Waals surface area (Å²) >= 11 is 3.25. The summed E-state index contributed by atoms with van der Waals surface area (Å²) < 4.78 is 27.5. The van der Waals surface area contributed by atoms with Gasteiger partial charge in [0, 0.05) is 23.5 Å². The summed E-state index contributed by atoms with van der Waals surface area (Å²) in [6.45, 7) is 4.10. The SMILES string of the molecule is CC(C)CCC(=O)N[C@@H]1CCN(S(=O)(=O)c2ccc(Br)cc2)[C@@H](C(=O)O)C1. The minimum absolute atomic E-state index is 0.0461. The summed E-state index contributed by atoms with van der Waals surface area (Å²) in [5.74, 6) is -0.931. The van der Waals surface area contributed by atoms with Gasteiger partial charge in [-0.15, -0.1) is 0 Å². The molecule has 1 aromatic carbocycles. The molecule has 1 aliphatic rings. The number of sulfonamides is 1. The van der Waals surface area contributed by atoms with Gasteiger partial charge in [0.1, 0.15) is 6.04 Å². The standard InChI is InChI=1S/C18H25BrN2O5S/c1-12(2)3-8-17(22)20-14-9-10-21(16(11-14)18(23)24)27(25,26)15-6-4-13(19)5-7-15/h4-7,12,14,16H,3,8-11H2,1-2H3,(H,20,22)(H,23,24)/t14-,16-/m1/s1. The Hall–Kier alpha value is -1.45. The molecule has 9 heteroatoms. The Balaban J connectivity index is 2.11. The number of hydrogen-bond donors (Lipinski definition) is 2. The molecule has 1 aromatic rings. The highest BCUT2D eigenvalue weighted by Gasteiger charge is 2.41. The van der Waals surface area contributed by atoms with Gasteiger partial charge in [0.2, 0.25) is 15.9 Å². The monoisotopic (exact) mass is 460 g/mol. The second-order valence-electron chi connectivity index (χ2n) is 7.15. The van der Waals surface area contributed by atoms with Crippen molar-refractivity contribution < 1.29 is 23.1 Å². The molecule has 150 valence electrons. The van der Waals surface area contributed by atoms with E-state index in [0.29, 0.717) is 18.8 Å². The van der Waals surface area contributed by atoms with Gasteiger partial charge in [-0.2, -0.15) is 4.31 Å². The van der Waals surface area contributed by atoms with E-state index < -0.39 is 22.0 Å². The summed E-state index contributed by atoms with van der Waals surface area (Å²) in [6.07, 6.45) is 1.57. The zero-order valence-electron chi connectivity index (χ0n) is 15.4. The molecule has 0 radical (unpaired) electrons. The van der Waals surface area contributed by atoms with Crippen molar-refractivity contribution in [2.75, 3.05) is 6.54 Å². The molecule has 27 heavy (non-hydrogen) atoms. The van der Waals surface area contributed by atoms with E-state index in [2.05, 4.69) is 21.2 Å². The summed E-state index contributed by atoms with van der Waals surface area (Å²) in [7, 11) is -3.93. The first-order valence-corrected chi connectivity index (χ1v) is 11.1. The van der Waals surface area contributed by atoms with Crippen molar-refractivity contribution in [2.45, 2.75) is 56.5 Å². The van der Waals surface area contributed by atoms with Crippen LogP contribution >= 0.6 is 15.9 Å². The number of halogens is 1. The maximum atomic E-state index is 12.9. The predicted octanol–water partition coefficient (Wildman–Crippen LogP) is 2.61. The van der Waals surface area contributed by atoms with E-state index in [1.54, 1.807) is 12.1 Å². The van der Waals surface area contributed by atoms with Crippen LogP contribution in [0.1, 0.15) is 39.5 Å². The Morgan fingerprint density at radius 3 is 2.48 bits per heavy atom. The molecule has 2 atom stereocenters. The molecule has 0 unspecified atom stereocenters. The molecular formula is C18H25BrN2O5S. The Labute approximate surface area is 168 Å². The topological polar surface area (TPSA) is 104 Å². The lowest BCUT2D eigenvalue weighted by Gasteiger charge is -2.36. The number of amides is 1. The lowest BCUT2D eigenvalue weighted by molar-refractivity contribution is -0.143. The number of carboxylic acids is 1. The van der Waals surface area contributed by atoms with E-state index in [4.69, 9.17) is 0 Å². The van der Waals surface area contributed by atoms with Crippen LogP contribution in [0, 0.1) is 5.92 Å². The number of carbonyl (C=O) groups is 2. The minimum atomic E-state index is -3.93. The summed E-state index contributed by atoms with van der Waals surface area (Å²) in [5, 5.41) is 12.4. The second-order valence-corrected chi connectivity index (χ2v) is 9.95. The number of nitrogens with zero attached hydrogens (tertiary/aromatic N) is 1. The highest BCUT2D eigenvalue weighted by atomic mass is 79.9. The molecule has 0 aliphatic carbocycles. The minimum Gasteiger partial charge on any atom is -0.480 e. The number of nitrogens with one attached hydrogen (secondary N) is 1.